The van der Waals surface area contributed by atoms with Gasteiger partial charge in [-0.15, -0.1) is 0 Å². The standard InChI is InChI=1S/C22H32N4O2/c1-17-3-4-18(14-23)21(24-17)26-8-6-19-13-20(25-9-11-28-12-10-25)5-7-22(19,15-26)16-27-2/h3-4,19-20H,5-13,15-16H2,1-2H3/t19-,20-,22+/m1/s1. The first kappa shape index (κ1) is 19.6. The Balaban J connectivity index is 1.53. The van der Waals surface area contributed by atoms with E-state index in [1.807, 2.05) is 26.2 Å². The van der Waals surface area contributed by atoms with Crippen molar-refractivity contribution in [3.05, 3.63) is 23.4 Å². The molecule has 152 valence electrons. The molecule has 6 nitrogen and oxygen atoms in total. The minimum absolute atomic E-state index is 0.161. The molecule has 3 heterocycles. The number of hydrogen-bond donors (Lipinski definition) is 0. The summed E-state index contributed by atoms with van der Waals surface area (Å²) in [5.41, 5.74) is 1.81. The SMILES string of the molecule is COC[C@@]12CC[C@@H](N3CCOCC3)C[C@H]1CCN(c1nc(C)ccc1C#N)C2. The molecule has 1 aromatic heterocycles. The van der Waals surface area contributed by atoms with Gasteiger partial charge in [0.1, 0.15) is 11.9 Å². The zero-order chi connectivity index (χ0) is 19.6. The quantitative estimate of drug-likeness (QED) is 0.795. The molecule has 0 unspecified atom stereocenters. The van der Waals surface area contributed by atoms with E-state index in [0.29, 0.717) is 17.5 Å². The number of piperidine rings is 1. The van der Waals surface area contributed by atoms with E-state index >= 15 is 0 Å². The summed E-state index contributed by atoms with van der Waals surface area (Å²) in [6.07, 6.45) is 4.80. The van der Waals surface area contributed by atoms with Gasteiger partial charge in [0.2, 0.25) is 0 Å². The average Bonchev–Trinajstić information content (AvgIpc) is 2.73. The molecule has 4 rings (SSSR count). The molecule has 0 bridgehead atoms. The lowest BCUT2D eigenvalue weighted by Crippen LogP contribution is -2.57. The second-order valence-electron chi connectivity index (χ2n) is 8.71. The predicted molar refractivity (Wildman–Crippen MR) is 108 cm³/mol. The summed E-state index contributed by atoms with van der Waals surface area (Å²) in [5.74, 6) is 1.52. The van der Waals surface area contributed by atoms with Gasteiger partial charge >= 0.3 is 0 Å². The molecular formula is C22H32N4O2. The van der Waals surface area contributed by atoms with Gasteiger partial charge in [-0.2, -0.15) is 5.26 Å². The molecule has 0 radical (unpaired) electrons. The average molecular weight is 385 g/mol. The third kappa shape index (κ3) is 3.76. The van der Waals surface area contributed by atoms with Crippen LogP contribution < -0.4 is 4.90 Å². The summed E-state index contributed by atoms with van der Waals surface area (Å²) in [7, 11) is 1.82. The Morgan fingerprint density at radius 1 is 1.29 bits per heavy atom. The van der Waals surface area contributed by atoms with Gasteiger partial charge in [0.15, 0.2) is 0 Å². The van der Waals surface area contributed by atoms with Crippen LogP contribution in [-0.2, 0) is 9.47 Å². The zero-order valence-corrected chi connectivity index (χ0v) is 17.2. The van der Waals surface area contributed by atoms with Crippen molar-refractivity contribution >= 4 is 5.82 Å². The minimum atomic E-state index is 0.161. The summed E-state index contributed by atoms with van der Waals surface area (Å²) >= 11 is 0. The Bertz CT molecular complexity index is 728. The van der Waals surface area contributed by atoms with Gasteiger partial charge < -0.3 is 14.4 Å². The first-order valence-corrected chi connectivity index (χ1v) is 10.6. The first-order valence-electron chi connectivity index (χ1n) is 10.6. The number of fused-ring (bicyclic) bond motifs is 1. The smallest absolute Gasteiger partial charge is 0.146 e. The Labute approximate surface area is 168 Å². The highest BCUT2D eigenvalue weighted by Gasteiger charge is 2.48. The van der Waals surface area contributed by atoms with E-state index in [0.717, 1.165) is 63.9 Å². The summed E-state index contributed by atoms with van der Waals surface area (Å²) in [6, 6.07) is 6.84. The van der Waals surface area contributed by atoms with Crippen LogP contribution >= 0.6 is 0 Å². The first-order chi connectivity index (χ1) is 13.6. The number of ether oxygens (including phenoxy) is 2. The number of pyridine rings is 1. The van der Waals surface area contributed by atoms with Gasteiger partial charge in [-0.05, 0) is 50.7 Å². The van der Waals surface area contributed by atoms with Crippen LogP contribution in [0.15, 0.2) is 12.1 Å². The van der Waals surface area contributed by atoms with E-state index in [-0.39, 0.29) is 5.41 Å². The second kappa shape index (κ2) is 8.36. The van der Waals surface area contributed by atoms with Crippen molar-refractivity contribution in [2.45, 2.75) is 38.6 Å². The van der Waals surface area contributed by atoms with Gasteiger partial charge in [-0.3, -0.25) is 4.90 Å². The third-order valence-corrected chi connectivity index (χ3v) is 7.08. The van der Waals surface area contributed by atoms with Crippen molar-refractivity contribution in [1.82, 2.24) is 9.88 Å². The molecule has 0 spiro atoms. The van der Waals surface area contributed by atoms with Crippen LogP contribution in [0.4, 0.5) is 5.82 Å². The fourth-order valence-corrected chi connectivity index (χ4v) is 5.61. The fourth-order valence-electron chi connectivity index (χ4n) is 5.61. The van der Waals surface area contributed by atoms with Crippen LogP contribution in [0.5, 0.6) is 0 Å². The van der Waals surface area contributed by atoms with Gasteiger partial charge in [0.25, 0.3) is 0 Å². The van der Waals surface area contributed by atoms with Crippen LogP contribution in [0.2, 0.25) is 0 Å². The Morgan fingerprint density at radius 2 is 2.11 bits per heavy atom. The highest BCUT2D eigenvalue weighted by atomic mass is 16.5. The van der Waals surface area contributed by atoms with Gasteiger partial charge in [0.05, 0.1) is 25.4 Å². The van der Waals surface area contributed by atoms with Crippen LogP contribution in [0, 0.1) is 29.6 Å². The Hall–Kier alpha value is -1.68. The normalized spacial score (nSPS) is 31.2. The highest BCUT2D eigenvalue weighted by molar-refractivity contribution is 5.55. The van der Waals surface area contributed by atoms with Crippen LogP contribution in [0.1, 0.15) is 36.9 Å². The Kier molecular flexibility index (Phi) is 5.86. The van der Waals surface area contributed by atoms with Gasteiger partial charge in [-0.1, -0.05) is 0 Å². The van der Waals surface area contributed by atoms with E-state index in [2.05, 4.69) is 15.9 Å². The molecule has 6 heteroatoms. The predicted octanol–water partition coefficient (Wildman–Crippen LogP) is 2.61. The van der Waals surface area contributed by atoms with Crippen molar-refractivity contribution in [1.29, 1.82) is 5.26 Å². The minimum Gasteiger partial charge on any atom is -0.384 e. The fraction of sp³-hybridized carbons (Fsp3) is 0.727. The number of rotatable bonds is 4. The largest absolute Gasteiger partial charge is 0.384 e. The molecule has 1 aliphatic carbocycles. The zero-order valence-electron chi connectivity index (χ0n) is 17.2. The molecule has 0 N–H and O–H groups in total. The lowest BCUT2D eigenvalue weighted by atomic mass is 9.61. The number of nitrogens with zero attached hydrogens (tertiary/aromatic N) is 4. The molecular weight excluding hydrogens is 352 g/mol. The van der Waals surface area contributed by atoms with Crippen molar-refractivity contribution in [2.75, 3.05) is 58.0 Å². The molecule has 28 heavy (non-hydrogen) atoms. The lowest BCUT2D eigenvalue weighted by Gasteiger charge is -2.54. The highest BCUT2D eigenvalue weighted by Crippen LogP contribution is 2.48. The van der Waals surface area contributed by atoms with E-state index in [1.54, 1.807) is 0 Å². The van der Waals surface area contributed by atoms with Crippen LogP contribution in [0.3, 0.4) is 0 Å². The third-order valence-electron chi connectivity index (χ3n) is 7.08. The number of aromatic nitrogens is 1. The van der Waals surface area contributed by atoms with Crippen molar-refractivity contribution in [3.8, 4) is 6.07 Å². The maximum atomic E-state index is 9.56. The van der Waals surface area contributed by atoms with Crippen LogP contribution in [-0.4, -0.2) is 69.0 Å². The summed E-state index contributed by atoms with van der Waals surface area (Å²) in [5, 5.41) is 9.56. The molecule has 3 fully saturated rings. The topological polar surface area (TPSA) is 61.6 Å². The van der Waals surface area contributed by atoms with E-state index < -0.39 is 0 Å². The number of nitriles is 1. The second-order valence-corrected chi connectivity index (χ2v) is 8.71. The molecule has 0 amide bonds. The monoisotopic (exact) mass is 384 g/mol. The number of aryl methyl sites for hydroxylation is 1. The van der Waals surface area contributed by atoms with Crippen molar-refractivity contribution in [3.63, 3.8) is 0 Å². The number of methoxy groups -OCH3 is 1. The molecule has 2 aliphatic heterocycles. The van der Waals surface area contributed by atoms with Gasteiger partial charge in [-0.25, -0.2) is 4.98 Å². The molecule has 3 atom stereocenters. The maximum absolute atomic E-state index is 9.56. The molecule has 1 aromatic rings. The van der Waals surface area contributed by atoms with E-state index in [4.69, 9.17) is 14.5 Å². The lowest BCUT2D eigenvalue weighted by molar-refractivity contribution is -0.0540. The molecule has 2 saturated heterocycles. The van der Waals surface area contributed by atoms with Crippen molar-refractivity contribution in [2.24, 2.45) is 11.3 Å². The summed E-state index contributed by atoms with van der Waals surface area (Å²) in [6.45, 7) is 8.57. The number of hydrogen-bond acceptors (Lipinski definition) is 6. The Morgan fingerprint density at radius 3 is 2.86 bits per heavy atom. The maximum Gasteiger partial charge on any atom is 0.146 e. The van der Waals surface area contributed by atoms with Gasteiger partial charge in [0, 0.05) is 50.4 Å². The van der Waals surface area contributed by atoms with Crippen molar-refractivity contribution < 1.29 is 9.47 Å². The van der Waals surface area contributed by atoms with Crippen LogP contribution in [0.25, 0.3) is 0 Å². The molecule has 3 aliphatic rings. The number of anilines is 1. The van der Waals surface area contributed by atoms with E-state index in [1.165, 1.54) is 19.3 Å². The summed E-state index contributed by atoms with van der Waals surface area (Å²) < 4.78 is 11.3. The molecule has 1 saturated carbocycles. The summed E-state index contributed by atoms with van der Waals surface area (Å²) in [4.78, 5) is 9.71. The number of morpholine rings is 1. The van der Waals surface area contributed by atoms with E-state index in [9.17, 15) is 5.26 Å². The molecule has 0 aromatic carbocycles.